The molecule has 0 aromatic rings. The van der Waals surface area contributed by atoms with Crippen LogP contribution in [0.3, 0.4) is 0 Å². The third-order valence-corrected chi connectivity index (χ3v) is 5.80. The third kappa shape index (κ3) is 4.93. The van der Waals surface area contributed by atoms with E-state index in [1.54, 1.807) is 6.92 Å². The summed E-state index contributed by atoms with van der Waals surface area (Å²) in [6.07, 6.45) is 2.32. The van der Waals surface area contributed by atoms with E-state index in [0.29, 0.717) is 18.5 Å². The first kappa shape index (κ1) is 17.7. The van der Waals surface area contributed by atoms with Gasteiger partial charge in [-0.2, -0.15) is 0 Å². The van der Waals surface area contributed by atoms with Crippen LogP contribution in [0.2, 0.25) is 0 Å². The number of hydrogen-bond acceptors (Lipinski definition) is 5. The summed E-state index contributed by atoms with van der Waals surface area (Å²) in [6.45, 7) is 10.0. The van der Waals surface area contributed by atoms with Gasteiger partial charge in [-0.25, -0.2) is 8.42 Å². The lowest BCUT2D eigenvalue weighted by Crippen LogP contribution is -2.43. The van der Waals surface area contributed by atoms with Crippen LogP contribution in [-0.2, 0) is 14.6 Å². The lowest BCUT2D eigenvalue weighted by Gasteiger charge is -2.30. The zero-order chi connectivity index (χ0) is 16.3. The van der Waals surface area contributed by atoms with Crippen molar-refractivity contribution in [1.82, 2.24) is 14.7 Å². The van der Waals surface area contributed by atoms with E-state index in [9.17, 15) is 13.2 Å². The maximum atomic E-state index is 11.5. The highest BCUT2D eigenvalue weighted by Crippen LogP contribution is 2.23. The highest BCUT2D eigenvalue weighted by Gasteiger charge is 2.34. The Kier molecular flexibility index (Phi) is 5.85. The molecule has 2 rings (SSSR count). The van der Waals surface area contributed by atoms with E-state index in [2.05, 4.69) is 16.7 Å². The van der Waals surface area contributed by atoms with Crippen LogP contribution in [0, 0.1) is 5.92 Å². The van der Waals surface area contributed by atoms with Gasteiger partial charge in [0.15, 0.2) is 0 Å². The van der Waals surface area contributed by atoms with Crippen molar-refractivity contribution in [1.29, 1.82) is 0 Å². The van der Waals surface area contributed by atoms with Gasteiger partial charge in [-0.05, 0) is 12.3 Å². The molecule has 2 heterocycles. The summed E-state index contributed by atoms with van der Waals surface area (Å²) >= 11 is 0. The van der Waals surface area contributed by atoms with Crippen LogP contribution in [-0.4, -0.2) is 92.9 Å². The Hall–Kier alpha value is -0.660. The number of likely N-dealkylation sites (tertiary alicyclic amines) is 1. The number of sulfone groups is 1. The smallest absolute Gasteiger partial charge is 0.219 e. The van der Waals surface area contributed by atoms with Gasteiger partial charge in [-0.15, -0.1) is 0 Å². The molecule has 2 saturated heterocycles. The molecule has 128 valence electrons. The maximum Gasteiger partial charge on any atom is 0.219 e. The molecule has 22 heavy (non-hydrogen) atoms. The highest BCUT2D eigenvalue weighted by atomic mass is 32.2. The van der Waals surface area contributed by atoms with Gasteiger partial charge in [0.05, 0.1) is 5.75 Å². The lowest BCUT2D eigenvalue weighted by atomic mass is 10.0. The molecule has 2 atom stereocenters. The van der Waals surface area contributed by atoms with Gasteiger partial charge in [0.25, 0.3) is 0 Å². The van der Waals surface area contributed by atoms with E-state index in [0.717, 1.165) is 45.7 Å². The standard InChI is InChI=1S/C15H29N3O3S/c1-13-11-16(9-10-22(3,20)21)12-15(13)18-6-4-5-17(7-8-18)14(2)19/h13,15H,4-12H2,1-3H3/t13-,15+/m1/s1. The molecule has 0 aromatic heterocycles. The van der Waals surface area contributed by atoms with Gasteiger partial charge in [0.2, 0.25) is 5.91 Å². The Morgan fingerprint density at radius 1 is 1.14 bits per heavy atom. The first-order valence-electron chi connectivity index (χ1n) is 8.16. The number of nitrogens with zero attached hydrogens (tertiary/aromatic N) is 3. The molecule has 2 fully saturated rings. The van der Waals surface area contributed by atoms with Crippen molar-refractivity contribution in [3.05, 3.63) is 0 Å². The lowest BCUT2D eigenvalue weighted by molar-refractivity contribution is -0.128. The van der Waals surface area contributed by atoms with Crippen LogP contribution in [0.1, 0.15) is 20.3 Å². The fourth-order valence-corrected chi connectivity index (χ4v) is 4.17. The molecule has 0 N–H and O–H groups in total. The molecule has 2 aliphatic heterocycles. The summed E-state index contributed by atoms with van der Waals surface area (Å²) in [5.41, 5.74) is 0. The normalized spacial score (nSPS) is 28.8. The van der Waals surface area contributed by atoms with Crippen molar-refractivity contribution in [2.45, 2.75) is 26.3 Å². The van der Waals surface area contributed by atoms with E-state index in [4.69, 9.17) is 0 Å². The van der Waals surface area contributed by atoms with Crippen LogP contribution >= 0.6 is 0 Å². The zero-order valence-electron chi connectivity index (χ0n) is 14.0. The molecule has 1 amide bonds. The van der Waals surface area contributed by atoms with Gasteiger partial charge in [0.1, 0.15) is 9.84 Å². The Labute approximate surface area is 134 Å². The predicted molar refractivity (Wildman–Crippen MR) is 87.5 cm³/mol. The third-order valence-electron chi connectivity index (χ3n) is 4.87. The monoisotopic (exact) mass is 331 g/mol. The molecule has 0 aliphatic carbocycles. The number of amides is 1. The summed E-state index contributed by atoms with van der Waals surface area (Å²) in [4.78, 5) is 18.2. The molecule has 0 spiro atoms. The van der Waals surface area contributed by atoms with Crippen LogP contribution < -0.4 is 0 Å². The van der Waals surface area contributed by atoms with Crippen molar-refractivity contribution in [2.24, 2.45) is 5.92 Å². The van der Waals surface area contributed by atoms with E-state index < -0.39 is 9.84 Å². The van der Waals surface area contributed by atoms with Crippen molar-refractivity contribution in [2.75, 3.05) is 57.8 Å². The van der Waals surface area contributed by atoms with E-state index >= 15 is 0 Å². The molecular formula is C15H29N3O3S. The number of carbonyl (C=O) groups excluding carboxylic acids is 1. The average molecular weight is 331 g/mol. The van der Waals surface area contributed by atoms with Gasteiger partial charge in [0, 0.05) is 65.0 Å². The van der Waals surface area contributed by atoms with Gasteiger partial charge < -0.3 is 9.80 Å². The van der Waals surface area contributed by atoms with Crippen molar-refractivity contribution in [3.63, 3.8) is 0 Å². The fourth-order valence-electron chi connectivity index (χ4n) is 3.58. The van der Waals surface area contributed by atoms with Crippen LogP contribution in [0.4, 0.5) is 0 Å². The van der Waals surface area contributed by atoms with Crippen LogP contribution in [0.5, 0.6) is 0 Å². The van der Waals surface area contributed by atoms with E-state index in [1.807, 2.05) is 4.90 Å². The van der Waals surface area contributed by atoms with Gasteiger partial charge in [-0.1, -0.05) is 6.92 Å². The molecule has 0 aromatic carbocycles. The second kappa shape index (κ2) is 7.27. The molecule has 7 heteroatoms. The van der Waals surface area contributed by atoms with Crippen molar-refractivity contribution < 1.29 is 13.2 Å². The van der Waals surface area contributed by atoms with Crippen LogP contribution in [0.25, 0.3) is 0 Å². The first-order chi connectivity index (χ1) is 10.3. The highest BCUT2D eigenvalue weighted by molar-refractivity contribution is 7.90. The number of rotatable bonds is 4. The summed E-state index contributed by atoms with van der Waals surface area (Å²) in [7, 11) is -2.89. The zero-order valence-corrected chi connectivity index (χ0v) is 14.8. The summed E-state index contributed by atoms with van der Waals surface area (Å²) in [5, 5.41) is 0. The molecule has 0 bridgehead atoms. The van der Waals surface area contributed by atoms with E-state index in [-0.39, 0.29) is 11.7 Å². The fraction of sp³-hybridized carbons (Fsp3) is 0.933. The predicted octanol–water partition coefficient (Wildman–Crippen LogP) is -0.0945. The minimum absolute atomic E-state index is 0.163. The molecule has 6 nitrogen and oxygen atoms in total. The second-order valence-corrected chi connectivity index (χ2v) is 9.09. The average Bonchev–Trinajstić information content (AvgIpc) is 2.63. The molecule has 0 saturated carbocycles. The summed E-state index contributed by atoms with van der Waals surface area (Å²) < 4.78 is 22.6. The first-order valence-corrected chi connectivity index (χ1v) is 10.2. The maximum absolute atomic E-state index is 11.5. The topological polar surface area (TPSA) is 60.9 Å². The number of carbonyl (C=O) groups is 1. The quantitative estimate of drug-likeness (QED) is 0.720. The van der Waals surface area contributed by atoms with E-state index in [1.165, 1.54) is 6.26 Å². The minimum Gasteiger partial charge on any atom is -0.342 e. The summed E-state index contributed by atoms with van der Waals surface area (Å²) in [6, 6.07) is 0.478. The van der Waals surface area contributed by atoms with Crippen LogP contribution in [0.15, 0.2) is 0 Å². The minimum atomic E-state index is -2.89. The Balaban J connectivity index is 1.88. The number of hydrogen-bond donors (Lipinski definition) is 0. The van der Waals surface area contributed by atoms with Gasteiger partial charge in [-0.3, -0.25) is 9.69 Å². The molecule has 2 aliphatic rings. The molecule has 0 unspecified atom stereocenters. The van der Waals surface area contributed by atoms with Gasteiger partial charge >= 0.3 is 0 Å². The molecule has 0 radical (unpaired) electrons. The summed E-state index contributed by atoms with van der Waals surface area (Å²) in [5.74, 6) is 0.949. The molecular weight excluding hydrogens is 302 g/mol. The van der Waals surface area contributed by atoms with Crippen molar-refractivity contribution in [3.8, 4) is 0 Å². The SMILES string of the molecule is CC(=O)N1CCCN([C@H]2CN(CCS(C)(=O)=O)C[C@H]2C)CC1. The Morgan fingerprint density at radius 3 is 2.50 bits per heavy atom. The largest absolute Gasteiger partial charge is 0.342 e. The second-order valence-electron chi connectivity index (χ2n) is 6.83. The Bertz CT molecular complexity index is 494. The van der Waals surface area contributed by atoms with Crippen molar-refractivity contribution >= 4 is 15.7 Å². The Morgan fingerprint density at radius 2 is 1.86 bits per heavy atom.